The van der Waals surface area contributed by atoms with Crippen LogP contribution in [-0.4, -0.2) is 51.1 Å². The third kappa shape index (κ3) is 4.35. The van der Waals surface area contributed by atoms with Crippen LogP contribution in [0.4, 0.5) is 11.4 Å². The van der Waals surface area contributed by atoms with Gasteiger partial charge in [-0.1, -0.05) is 6.07 Å². The molecule has 1 aromatic heterocycles. The summed E-state index contributed by atoms with van der Waals surface area (Å²) in [7, 11) is 3.82. The number of anilines is 2. The van der Waals surface area contributed by atoms with Gasteiger partial charge < -0.3 is 19.9 Å². The van der Waals surface area contributed by atoms with Gasteiger partial charge in [-0.2, -0.15) is 11.3 Å². The van der Waals surface area contributed by atoms with E-state index < -0.39 is 0 Å². The SMILES string of the molecule is COc1ccc(NC(=O)c2ccc(-c3ccsc3)c(C)c2)cc1N1CCN(C)CC1. The number of nitrogens with one attached hydrogen (secondary N) is 1. The van der Waals surface area contributed by atoms with Crippen molar-refractivity contribution in [2.24, 2.45) is 0 Å². The van der Waals surface area contributed by atoms with Crippen LogP contribution in [0.1, 0.15) is 15.9 Å². The van der Waals surface area contributed by atoms with Crippen LogP contribution in [-0.2, 0) is 0 Å². The van der Waals surface area contributed by atoms with Crippen LogP contribution < -0.4 is 15.0 Å². The molecule has 5 nitrogen and oxygen atoms in total. The summed E-state index contributed by atoms with van der Waals surface area (Å²) in [6.45, 7) is 5.94. The first kappa shape index (κ1) is 20.4. The molecule has 0 spiro atoms. The molecule has 30 heavy (non-hydrogen) atoms. The Hall–Kier alpha value is -2.83. The summed E-state index contributed by atoms with van der Waals surface area (Å²) < 4.78 is 5.57. The molecule has 0 saturated carbocycles. The van der Waals surface area contributed by atoms with Gasteiger partial charge in [-0.25, -0.2) is 0 Å². The first-order chi connectivity index (χ1) is 14.5. The minimum atomic E-state index is -0.107. The molecule has 0 aliphatic carbocycles. The van der Waals surface area contributed by atoms with Crippen LogP contribution in [0.3, 0.4) is 0 Å². The highest BCUT2D eigenvalue weighted by Gasteiger charge is 2.19. The molecule has 1 N–H and O–H groups in total. The van der Waals surface area contributed by atoms with Crippen molar-refractivity contribution in [2.45, 2.75) is 6.92 Å². The van der Waals surface area contributed by atoms with E-state index in [4.69, 9.17) is 4.74 Å². The van der Waals surface area contributed by atoms with Gasteiger partial charge >= 0.3 is 0 Å². The van der Waals surface area contributed by atoms with Crippen molar-refractivity contribution in [2.75, 3.05) is 50.6 Å². The average molecular weight is 422 g/mol. The standard InChI is InChI=1S/C24H27N3O2S/c1-17-14-18(4-6-21(17)19-8-13-30-16-19)24(28)25-20-5-7-23(29-3)22(15-20)27-11-9-26(2)10-12-27/h4-8,13-16H,9-12H2,1-3H3,(H,25,28). The van der Waals surface area contributed by atoms with Crippen molar-refractivity contribution >= 4 is 28.6 Å². The highest BCUT2D eigenvalue weighted by molar-refractivity contribution is 7.08. The van der Waals surface area contributed by atoms with Crippen LogP contribution in [0.2, 0.25) is 0 Å². The molecule has 0 radical (unpaired) electrons. The van der Waals surface area contributed by atoms with Gasteiger partial charge in [0.15, 0.2) is 0 Å². The number of amides is 1. The molecule has 1 amide bonds. The van der Waals surface area contributed by atoms with Gasteiger partial charge in [-0.3, -0.25) is 4.79 Å². The van der Waals surface area contributed by atoms with Crippen LogP contribution in [0, 0.1) is 6.92 Å². The van der Waals surface area contributed by atoms with E-state index in [1.165, 1.54) is 5.56 Å². The van der Waals surface area contributed by atoms with Crippen LogP contribution in [0.25, 0.3) is 11.1 Å². The lowest BCUT2D eigenvalue weighted by Gasteiger charge is -2.35. The maximum atomic E-state index is 12.9. The second-order valence-corrected chi connectivity index (χ2v) is 8.45. The van der Waals surface area contributed by atoms with Gasteiger partial charge in [0.2, 0.25) is 0 Å². The number of aryl methyl sites for hydroxylation is 1. The topological polar surface area (TPSA) is 44.8 Å². The molecule has 1 aliphatic heterocycles. The van der Waals surface area contributed by atoms with Crippen molar-refractivity contribution in [1.29, 1.82) is 0 Å². The van der Waals surface area contributed by atoms with Gasteiger partial charge in [0.25, 0.3) is 5.91 Å². The Morgan fingerprint density at radius 3 is 2.53 bits per heavy atom. The van der Waals surface area contributed by atoms with Gasteiger partial charge in [-0.05, 0) is 77.8 Å². The van der Waals surface area contributed by atoms with Crippen LogP contribution >= 0.6 is 11.3 Å². The zero-order valence-corrected chi connectivity index (χ0v) is 18.5. The zero-order valence-electron chi connectivity index (χ0n) is 17.6. The van der Waals surface area contributed by atoms with E-state index in [0.29, 0.717) is 5.56 Å². The number of thiophene rings is 1. The quantitative estimate of drug-likeness (QED) is 0.647. The third-order valence-electron chi connectivity index (χ3n) is 5.60. The van der Waals surface area contributed by atoms with Gasteiger partial charge in [-0.15, -0.1) is 0 Å². The molecular formula is C24H27N3O2S. The Balaban J connectivity index is 1.53. The average Bonchev–Trinajstić information content (AvgIpc) is 3.28. The number of ether oxygens (including phenoxy) is 1. The van der Waals surface area contributed by atoms with Crippen molar-refractivity contribution in [3.63, 3.8) is 0 Å². The Morgan fingerprint density at radius 1 is 1.07 bits per heavy atom. The number of piperazine rings is 1. The van der Waals surface area contributed by atoms with E-state index in [2.05, 4.69) is 39.0 Å². The fraction of sp³-hybridized carbons (Fsp3) is 0.292. The fourth-order valence-corrected chi connectivity index (χ4v) is 4.47. The molecule has 1 saturated heterocycles. The summed E-state index contributed by atoms with van der Waals surface area (Å²) in [5.41, 5.74) is 5.89. The van der Waals surface area contributed by atoms with E-state index in [-0.39, 0.29) is 5.91 Å². The van der Waals surface area contributed by atoms with E-state index in [9.17, 15) is 4.79 Å². The van der Waals surface area contributed by atoms with Crippen molar-refractivity contribution < 1.29 is 9.53 Å². The maximum Gasteiger partial charge on any atom is 0.255 e. The van der Waals surface area contributed by atoms with Gasteiger partial charge in [0.05, 0.1) is 12.8 Å². The number of carbonyl (C=O) groups excluding carboxylic acids is 1. The molecule has 6 heteroatoms. The molecule has 2 aromatic carbocycles. The second kappa shape index (κ2) is 8.90. The monoisotopic (exact) mass is 421 g/mol. The smallest absolute Gasteiger partial charge is 0.255 e. The lowest BCUT2D eigenvalue weighted by Crippen LogP contribution is -2.44. The number of hydrogen-bond donors (Lipinski definition) is 1. The molecule has 1 fully saturated rings. The Morgan fingerprint density at radius 2 is 1.87 bits per heavy atom. The first-order valence-corrected chi connectivity index (χ1v) is 11.1. The Labute approximate surface area is 181 Å². The number of carbonyl (C=O) groups is 1. The van der Waals surface area contributed by atoms with Crippen LogP contribution in [0.15, 0.2) is 53.2 Å². The summed E-state index contributed by atoms with van der Waals surface area (Å²) in [6, 6.07) is 13.8. The number of nitrogens with zero attached hydrogens (tertiary/aromatic N) is 2. The number of methoxy groups -OCH3 is 1. The summed E-state index contributed by atoms with van der Waals surface area (Å²) in [5.74, 6) is 0.720. The molecule has 3 aromatic rings. The molecule has 0 unspecified atom stereocenters. The third-order valence-corrected chi connectivity index (χ3v) is 6.28. The highest BCUT2D eigenvalue weighted by Crippen LogP contribution is 2.32. The fourth-order valence-electron chi connectivity index (χ4n) is 3.81. The van der Waals surface area contributed by atoms with E-state index in [1.807, 2.05) is 43.3 Å². The normalized spacial score (nSPS) is 14.6. The predicted molar refractivity (Wildman–Crippen MR) is 125 cm³/mol. The molecule has 4 rings (SSSR count). The Bertz CT molecular complexity index is 1020. The lowest BCUT2D eigenvalue weighted by molar-refractivity contribution is 0.102. The van der Waals surface area contributed by atoms with Gasteiger partial charge in [0, 0.05) is 37.4 Å². The van der Waals surface area contributed by atoms with E-state index >= 15 is 0 Å². The van der Waals surface area contributed by atoms with Crippen molar-refractivity contribution in [3.8, 4) is 16.9 Å². The summed E-state index contributed by atoms with van der Waals surface area (Å²) in [4.78, 5) is 17.5. The number of benzene rings is 2. The summed E-state index contributed by atoms with van der Waals surface area (Å²) in [6.07, 6.45) is 0. The van der Waals surface area contributed by atoms with Gasteiger partial charge in [0.1, 0.15) is 5.75 Å². The molecule has 0 bridgehead atoms. The Kier molecular flexibility index (Phi) is 6.06. The molecular weight excluding hydrogens is 394 g/mol. The maximum absolute atomic E-state index is 12.9. The van der Waals surface area contributed by atoms with E-state index in [0.717, 1.165) is 54.4 Å². The first-order valence-electron chi connectivity index (χ1n) is 10.1. The zero-order chi connectivity index (χ0) is 21.1. The predicted octanol–water partition coefficient (Wildman–Crippen LogP) is 4.74. The van der Waals surface area contributed by atoms with Crippen molar-refractivity contribution in [1.82, 2.24) is 4.90 Å². The number of hydrogen-bond acceptors (Lipinski definition) is 5. The van der Waals surface area contributed by atoms with Crippen LogP contribution in [0.5, 0.6) is 5.75 Å². The largest absolute Gasteiger partial charge is 0.495 e. The number of likely N-dealkylation sites (N-methyl/N-ethyl adjacent to an activating group) is 1. The van der Waals surface area contributed by atoms with Crippen molar-refractivity contribution in [3.05, 3.63) is 64.4 Å². The molecule has 2 heterocycles. The highest BCUT2D eigenvalue weighted by atomic mass is 32.1. The number of rotatable bonds is 5. The summed E-state index contributed by atoms with van der Waals surface area (Å²) in [5, 5.41) is 7.24. The summed E-state index contributed by atoms with van der Waals surface area (Å²) >= 11 is 1.68. The minimum Gasteiger partial charge on any atom is -0.495 e. The molecule has 1 aliphatic rings. The molecule has 0 atom stereocenters. The minimum absolute atomic E-state index is 0.107. The van der Waals surface area contributed by atoms with E-state index in [1.54, 1.807) is 18.4 Å². The lowest BCUT2D eigenvalue weighted by atomic mass is 10.0. The second-order valence-electron chi connectivity index (χ2n) is 7.67. The molecule has 156 valence electrons.